The van der Waals surface area contributed by atoms with E-state index in [0.29, 0.717) is 0 Å². The minimum absolute atomic E-state index is 0.166. The minimum atomic E-state index is -0.305. The number of thiazole rings is 1. The van der Waals surface area contributed by atoms with Gasteiger partial charge in [-0.25, -0.2) is 9.97 Å². The molecule has 2 heterocycles. The van der Waals surface area contributed by atoms with E-state index in [1.165, 1.54) is 17.3 Å². The van der Waals surface area contributed by atoms with Crippen molar-refractivity contribution in [2.24, 2.45) is 0 Å². The molecule has 0 aromatic carbocycles. The summed E-state index contributed by atoms with van der Waals surface area (Å²) in [5.74, 6) is -0.0802. The quantitative estimate of drug-likeness (QED) is 0.884. The highest BCUT2D eigenvalue weighted by Gasteiger charge is 2.15. The van der Waals surface area contributed by atoms with Crippen LogP contribution in [0.2, 0.25) is 0 Å². The molecule has 3 N–H and O–H groups in total. The molecule has 0 aliphatic heterocycles. The van der Waals surface area contributed by atoms with Gasteiger partial charge in [-0.1, -0.05) is 6.92 Å². The van der Waals surface area contributed by atoms with Gasteiger partial charge < -0.3 is 11.1 Å². The van der Waals surface area contributed by atoms with Crippen molar-refractivity contribution in [1.82, 2.24) is 20.3 Å². The molecule has 6 nitrogen and oxygen atoms in total. The fourth-order valence-electron chi connectivity index (χ4n) is 1.51. The molecule has 2 aromatic rings. The van der Waals surface area contributed by atoms with E-state index in [1.807, 2.05) is 13.1 Å². The topological polar surface area (TPSA) is 93.8 Å². The van der Waals surface area contributed by atoms with Gasteiger partial charge in [0.2, 0.25) is 0 Å². The number of hydrogen-bond donors (Lipinski definition) is 2. The number of aryl methyl sites for hydroxylation is 1. The molecule has 19 heavy (non-hydrogen) atoms. The van der Waals surface area contributed by atoms with Crippen molar-refractivity contribution >= 4 is 23.1 Å². The lowest BCUT2D eigenvalue weighted by Gasteiger charge is -2.10. The number of hydrogen-bond acceptors (Lipinski definition) is 6. The first-order chi connectivity index (χ1) is 9.10. The van der Waals surface area contributed by atoms with Crippen LogP contribution in [0.15, 0.2) is 18.6 Å². The molecular formula is C12H15N5OS. The zero-order valence-electron chi connectivity index (χ0n) is 10.8. The molecule has 2 rings (SSSR count). The Morgan fingerprint density at radius 2 is 2.26 bits per heavy atom. The Balaban J connectivity index is 2.06. The smallest absolute Gasteiger partial charge is 0.272 e. The fourth-order valence-corrected chi connectivity index (χ4v) is 2.37. The molecule has 7 heteroatoms. The first-order valence-electron chi connectivity index (χ1n) is 5.93. The highest BCUT2D eigenvalue weighted by atomic mass is 32.1. The molecule has 0 radical (unpaired) electrons. The molecule has 0 aliphatic rings. The molecular weight excluding hydrogens is 262 g/mol. The molecule has 1 amide bonds. The summed E-state index contributed by atoms with van der Waals surface area (Å²) >= 11 is 1.59. The van der Waals surface area contributed by atoms with Crippen molar-refractivity contribution in [3.8, 4) is 0 Å². The van der Waals surface area contributed by atoms with E-state index in [4.69, 9.17) is 5.73 Å². The van der Waals surface area contributed by atoms with Gasteiger partial charge in [0, 0.05) is 11.1 Å². The summed E-state index contributed by atoms with van der Waals surface area (Å²) in [6.45, 7) is 3.96. The van der Waals surface area contributed by atoms with E-state index in [0.717, 1.165) is 11.4 Å². The highest BCUT2D eigenvalue weighted by Crippen LogP contribution is 2.20. The first kappa shape index (κ1) is 13.4. The molecule has 0 fully saturated rings. The normalized spacial score (nSPS) is 12.1. The van der Waals surface area contributed by atoms with Crippen LogP contribution in [-0.4, -0.2) is 20.9 Å². The molecule has 0 saturated carbocycles. The Labute approximate surface area is 115 Å². The zero-order valence-corrected chi connectivity index (χ0v) is 11.6. The molecule has 1 atom stereocenters. The molecule has 0 aliphatic carbocycles. The Morgan fingerprint density at radius 1 is 1.47 bits per heavy atom. The number of aromatic nitrogens is 3. The summed E-state index contributed by atoms with van der Waals surface area (Å²) < 4.78 is 0. The van der Waals surface area contributed by atoms with Crippen LogP contribution < -0.4 is 11.1 Å². The number of carbonyl (C=O) groups is 1. The van der Waals surface area contributed by atoms with Gasteiger partial charge in [-0.3, -0.25) is 9.78 Å². The Morgan fingerprint density at radius 3 is 2.89 bits per heavy atom. The van der Waals surface area contributed by atoms with Crippen molar-refractivity contribution in [2.45, 2.75) is 26.3 Å². The lowest BCUT2D eigenvalue weighted by atomic mass is 10.3. The van der Waals surface area contributed by atoms with Crippen molar-refractivity contribution < 1.29 is 4.79 Å². The van der Waals surface area contributed by atoms with Crippen LogP contribution in [0.5, 0.6) is 0 Å². The van der Waals surface area contributed by atoms with Gasteiger partial charge in [0.25, 0.3) is 5.91 Å². The summed E-state index contributed by atoms with van der Waals surface area (Å²) in [5, 5.41) is 3.70. The van der Waals surface area contributed by atoms with Crippen LogP contribution in [-0.2, 0) is 6.42 Å². The van der Waals surface area contributed by atoms with E-state index in [1.54, 1.807) is 11.3 Å². The van der Waals surface area contributed by atoms with Crippen molar-refractivity contribution in [2.75, 3.05) is 5.73 Å². The summed E-state index contributed by atoms with van der Waals surface area (Å²) in [5.41, 5.74) is 5.70. The fraction of sp³-hybridized carbons (Fsp3) is 0.333. The molecule has 0 bridgehead atoms. The van der Waals surface area contributed by atoms with Gasteiger partial charge in [0.05, 0.1) is 18.4 Å². The summed E-state index contributed by atoms with van der Waals surface area (Å²) in [6.07, 6.45) is 5.56. The van der Waals surface area contributed by atoms with Crippen molar-refractivity contribution in [1.29, 1.82) is 0 Å². The summed E-state index contributed by atoms with van der Waals surface area (Å²) in [7, 11) is 0. The Bertz CT molecular complexity index is 583. The summed E-state index contributed by atoms with van der Waals surface area (Å²) in [6, 6.07) is -0.166. The van der Waals surface area contributed by atoms with Gasteiger partial charge in [0.15, 0.2) is 0 Å². The lowest BCUT2D eigenvalue weighted by Crippen LogP contribution is -2.27. The molecule has 2 aromatic heterocycles. The molecule has 0 saturated heterocycles. The van der Waals surface area contributed by atoms with Crippen LogP contribution in [0.4, 0.5) is 5.82 Å². The minimum Gasteiger partial charge on any atom is -0.382 e. The lowest BCUT2D eigenvalue weighted by molar-refractivity contribution is 0.0934. The Hall–Kier alpha value is -2.02. The average molecular weight is 277 g/mol. The Kier molecular flexibility index (Phi) is 4.06. The highest BCUT2D eigenvalue weighted by molar-refractivity contribution is 7.11. The largest absolute Gasteiger partial charge is 0.382 e. The van der Waals surface area contributed by atoms with Gasteiger partial charge in [0.1, 0.15) is 16.5 Å². The number of carbonyl (C=O) groups excluding carboxylic acids is 1. The van der Waals surface area contributed by atoms with Gasteiger partial charge in [-0.2, -0.15) is 0 Å². The van der Waals surface area contributed by atoms with E-state index >= 15 is 0 Å². The van der Waals surface area contributed by atoms with E-state index in [2.05, 4.69) is 27.2 Å². The van der Waals surface area contributed by atoms with Crippen LogP contribution in [0.25, 0.3) is 0 Å². The van der Waals surface area contributed by atoms with E-state index in [-0.39, 0.29) is 23.5 Å². The van der Waals surface area contributed by atoms with Gasteiger partial charge in [-0.15, -0.1) is 11.3 Å². The van der Waals surface area contributed by atoms with E-state index < -0.39 is 0 Å². The van der Waals surface area contributed by atoms with Crippen LogP contribution in [0.1, 0.15) is 40.3 Å². The molecule has 1 unspecified atom stereocenters. The maximum atomic E-state index is 12.0. The number of amides is 1. The van der Waals surface area contributed by atoms with Gasteiger partial charge in [-0.05, 0) is 13.3 Å². The number of nitrogens with two attached hydrogens (primary N) is 1. The van der Waals surface area contributed by atoms with Crippen LogP contribution >= 0.6 is 11.3 Å². The second kappa shape index (κ2) is 5.75. The standard InChI is InChI=1S/C12H15N5OS/c1-3-8-4-15-12(19-8)7(2)16-11(18)9-5-14-6-10(13)17-9/h4-7H,3H2,1-2H3,(H2,13,17)(H,16,18). The maximum absolute atomic E-state index is 12.0. The predicted octanol–water partition coefficient (Wildman–Crippen LogP) is 1.57. The number of nitrogen functional groups attached to an aromatic ring is 1. The van der Waals surface area contributed by atoms with Crippen molar-refractivity contribution in [3.63, 3.8) is 0 Å². The van der Waals surface area contributed by atoms with Crippen LogP contribution in [0, 0.1) is 0 Å². The second-order valence-electron chi connectivity index (χ2n) is 4.04. The van der Waals surface area contributed by atoms with E-state index in [9.17, 15) is 4.79 Å². The SMILES string of the molecule is CCc1cnc(C(C)NC(=O)c2cncc(N)n2)s1. The first-order valence-corrected chi connectivity index (χ1v) is 6.74. The molecule has 100 valence electrons. The number of anilines is 1. The van der Waals surface area contributed by atoms with Gasteiger partial charge >= 0.3 is 0 Å². The zero-order chi connectivity index (χ0) is 13.8. The number of nitrogens with zero attached hydrogens (tertiary/aromatic N) is 3. The second-order valence-corrected chi connectivity index (χ2v) is 5.19. The monoisotopic (exact) mass is 277 g/mol. The third kappa shape index (κ3) is 3.25. The number of rotatable bonds is 4. The van der Waals surface area contributed by atoms with Crippen molar-refractivity contribution in [3.05, 3.63) is 34.2 Å². The van der Waals surface area contributed by atoms with Crippen LogP contribution in [0.3, 0.4) is 0 Å². The third-order valence-corrected chi connectivity index (χ3v) is 3.85. The molecule has 0 spiro atoms. The maximum Gasteiger partial charge on any atom is 0.272 e. The summed E-state index contributed by atoms with van der Waals surface area (Å²) in [4.78, 5) is 25.2. The average Bonchev–Trinajstić information content (AvgIpc) is 2.87. The third-order valence-electron chi connectivity index (χ3n) is 2.52. The number of nitrogens with one attached hydrogen (secondary N) is 1. The predicted molar refractivity (Wildman–Crippen MR) is 73.8 cm³/mol.